The zero-order valence-electron chi connectivity index (χ0n) is 12.8. The van der Waals surface area contributed by atoms with Crippen molar-refractivity contribution in [1.82, 2.24) is 10.4 Å². The first-order chi connectivity index (χ1) is 11.1. The molecule has 0 aliphatic heterocycles. The molecule has 0 aliphatic rings. The minimum absolute atomic E-state index is 0.0572. The summed E-state index contributed by atoms with van der Waals surface area (Å²) in [7, 11) is 0. The van der Waals surface area contributed by atoms with Crippen LogP contribution in [0.2, 0.25) is 0 Å². The first-order valence-corrected chi connectivity index (χ1v) is 7.03. The molecule has 1 heterocycles. The molecule has 1 aromatic carbocycles. The van der Waals surface area contributed by atoms with Gasteiger partial charge in [0, 0.05) is 6.20 Å². The van der Waals surface area contributed by atoms with Crippen molar-refractivity contribution in [3.8, 4) is 11.8 Å². The highest BCUT2D eigenvalue weighted by Crippen LogP contribution is 2.26. The van der Waals surface area contributed by atoms with Gasteiger partial charge in [-0.15, -0.1) is 0 Å². The third-order valence-electron chi connectivity index (χ3n) is 2.69. The molecular formula is C16H17N5O2. The molecule has 2 rings (SSSR count). The van der Waals surface area contributed by atoms with Gasteiger partial charge in [-0.2, -0.15) is 5.26 Å². The lowest BCUT2D eigenvalue weighted by atomic mass is 10.2. The fraction of sp³-hybridized carbons (Fsp3) is 0.188. The van der Waals surface area contributed by atoms with Crippen molar-refractivity contribution >= 4 is 17.5 Å². The SMILES string of the molecule is CC(C)Oc1ccc(C#N)cc1NC(=O)NNc1ccccn1. The van der Waals surface area contributed by atoms with Gasteiger partial charge in [0.15, 0.2) is 0 Å². The molecule has 118 valence electrons. The topological polar surface area (TPSA) is 99.1 Å². The number of nitriles is 1. The molecule has 7 nitrogen and oxygen atoms in total. The number of benzene rings is 1. The molecule has 3 N–H and O–H groups in total. The second-order valence-corrected chi connectivity index (χ2v) is 4.91. The van der Waals surface area contributed by atoms with Crippen molar-refractivity contribution in [2.75, 3.05) is 10.7 Å². The Morgan fingerprint density at radius 1 is 1.30 bits per heavy atom. The Morgan fingerprint density at radius 3 is 2.78 bits per heavy atom. The van der Waals surface area contributed by atoms with E-state index in [0.29, 0.717) is 22.8 Å². The second kappa shape index (κ2) is 7.66. The van der Waals surface area contributed by atoms with E-state index in [9.17, 15) is 4.79 Å². The van der Waals surface area contributed by atoms with Gasteiger partial charge in [-0.3, -0.25) is 10.9 Å². The summed E-state index contributed by atoms with van der Waals surface area (Å²) >= 11 is 0. The lowest BCUT2D eigenvalue weighted by Crippen LogP contribution is -2.34. The van der Waals surface area contributed by atoms with E-state index in [4.69, 9.17) is 10.00 Å². The second-order valence-electron chi connectivity index (χ2n) is 4.91. The largest absolute Gasteiger partial charge is 0.489 e. The van der Waals surface area contributed by atoms with E-state index >= 15 is 0 Å². The molecule has 0 fully saturated rings. The molecule has 0 radical (unpaired) electrons. The van der Waals surface area contributed by atoms with Crippen LogP contribution < -0.4 is 20.9 Å². The predicted octanol–water partition coefficient (Wildman–Crippen LogP) is 2.89. The van der Waals surface area contributed by atoms with Gasteiger partial charge in [-0.1, -0.05) is 6.07 Å². The molecule has 1 aromatic heterocycles. The Labute approximate surface area is 134 Å². The Hall–Kier alpha value is -3.27. The van der Waals surface area contributed by atoms with E-state index < -0.39 is 6.03 Å². The van der Waals surface area contributed by atoms with E-state index in [0.717, 1.165) is 0 Å². The van der Waals surface area contributed by atoms with Gasteiger partial charge in [0.1, 0.15) is 11.6 Å². The van der Waals surface area contributed by atoms with E-state index in [2.05, 4.69) is 21.2 Å². The predicted molar refractivity (Wildman–Crippen MR) is 86.9 cm³/mol. The van der Waals surface area contributed by atoms with Crippen LogP contribution in [0.1, 0.15) is 19.4 Å². The minimum atomic E-state index is -0.501. The summed E-state index contributed by atoms with van der Waals surface area (Å²) in [6, 6.07) is 11.6. The maximum atomic E-state index is 12.0. The van der Waals surface area contributed by atoms with Crippen molar-refractivity contribution in [1.29, 1.82) is 5.26 Å². The number of ether oxygens (including phenoxy) is 1. The zero-order valence-corrected chi connectivity index (χ0v) is 12.8. The van der Waals surface area contributed by atoms with Crippen molar-refractivity contribution in [3.05, 3.63) is 48.2 Å². The molecule has 2 amide bonds. The summed E-state index contributed by atoms with van der Waals surface area (Å²) in [6.45, 7) is 3.76. The Balaban J connectivity index is 2.05. The highest BCUT2D eigenvalue weighted by molar-refractivity contribution is 5.91. The number of carbonyl (C=O) groups is 1. The van der Waals surface area contributed by atoms with Crippen molar-refractivity contribution in [2.24, 2.45) is 0 Å². The van der Waals surface area contributed by atoms with Crippen molar-refractivity contribution in [2.45, 2.75) is 20.0 Å². The smallest absolute Gasteiger partial charge is 0.338 e. The summed E-state index contributed by atoms with van der Waals surface area (Å²) in [5.74, 6) is 0.999. The number of nitrogens with one attached hydrogen (secondary N) is 3. The average Bonchev–Trinajstić information content (AvgIpc) is 2.55. The molecule has 0 bridgehead atoms. The van der Waals surface area contributed by atoms with Crippen LogP contribution in [-0.2, 0) is 0 Å². The molecule has 23 heavy (non-hydrogen) atoms. The van der Waals surface area contributed by atoms with Crippen molar-refractivity contribution < 1.29 is 9.53 Å². The number of urea groups is 1. The van der Waals surface area contributed by atoms with Crippen LogP contribution in [0.3, 0.4) is 0 Å². The molecule has 0 aliphatic carbocycles. The summed E-state index contributed by atoms with van der Waals surface area (Å²) in [6.07, 6.45) is 1.55. The van der Waals surface area contributed by atoms with Gasteiger partial charge in [0.25, 0.3) is 0 Å². The first-order valence-electron chi connectivity index (χ1n) is 7.03. The number of hydrogen-bond donors (Lipinski definition) is 3. The van der Waals surface area contributed by atoms with Crippen LogP contribution in [-0.4, -0.2) is 17.1 Å². The summed E-state index contributed by atoms with van der Waals surface area (Å²) in [5.41, 5.74) is 5.98. The van der Waals surface area contributed by atoms with E-state index in [-0.39, 0.29) is 6.10 Å². The highest BCUT2D eigenvalue weighted by Gasteiger charge is 2.10. The molecule has 7 heteroatoms. The quantitative estimate of drug-likeness (QED) is 0.737. The third kappa shape index (κ3) is 4.89. The molecule has 0 saturated heterocycles. The number of aromatic nitrogens is 1. The summed E-state index contributed by atoms with van der Waals surface area (Å²) < 4.78 is 5.62. The molecule has 0 spiro atoms. The maximum Gasteiger partial charge on any atom is 0.338 e. The van der Waals surface area contributed by atoms with Crippen LogP contribution >= 0.6 is 0 Å². The fourth-order valence-corrected chi connectivity index (χ4v) is 1.76. The summed E-state index contributed by atoms with van der Waals surface area (Å²) in [4.78, 5) is 16.0. The Morgan fingerprint density at radius 2 is 2.13 bits per heavy atom. The van der Waals surface area contributed by atoms with Gasteiger partial charge in [0.2, 0.25) is 0 Å². The lowest BCUT2D eigenvalue weighted by molar-refractivity contribution is 0.242. The molecule has 2 aromatic rings. The van der Waals surface area contributed by atoms with Gasteiger partial charge in [-0.05, 0) is 44.2 Å². The fourth-order valence-electron chi connectivity index (χ4n) is 1.76. The average molecular weight is 311 g/mol. The number of amides is 2. The third-order valence-corrected chi connectivity index (χ3v) is 2.69. The standard InChI is InChI=1S/C16H17N5O2/c1-11(2)23-14-7-6-12(10-17)9-13(14)19-16(22)21-20-15-5-3-4-8-18-15/h3-9,11H,1-2H3,(H,18,20)(H2,19,21,22). The number of carbonyl (C=O) groups excluding carboxylic acids is 1. The van der Waals surface area contributed by atoms with E-state index in [1.807, 2.05) is 19.9 Å². The van der Waals surface area contributed by atoms with Gasteiger partial charge in [-0.25, -0.2) is 9.78 Å². The van der Waals surface area contributed by atoms with Gasteiger partial charge in [0.05, 0.1) is 23.4 Å². The highest BCUT2D eigenvalue weighted by atomic mass is 16.5. The number of pyridine rings is 1. The van der Waals surface area contributed by atoms with Crippen LogP contribution in [0, 0.1) is 11.3 Å². The maximum absolute atomic E-state index is 12.0. The van der Waals surface area contributed by atoms with Crippen LogP contribution in [0.4, 0.5) is 16.3 Å². The Kier molecular flexibility index (Phi) is 5.36. The zero-order chi connectivity index (χ0) is 16.7. The first kappa shape index (κ1) is 16.1. The number of hydrogen-bond acceptors (Lipinski definition) is 5. The van der Waals surface area contributed by atoms with E-state index in [1.54, 1.807) is 42.6 Å². The van der Waals surface area contributed by atoms with Crippen LogP contribution in [0.5, 0.6) is 5.75 Å². The summed E-state index contributed by atoms with van der Waals surface area (Å²) in [5, 5.41) is 11.6. The lowest BCUT2D eigenvalue weighted by Gasteiger charge is -2.15. The van der Waals surface area contributed by atoms with Crippen LogP contribution in [0.25, 0.3) is 0 Å². The molecule has 0 saturated carbocycles. The number of nitrogens with zero attached hydrogens (tertiary/aromatic N) is 2. The minimum Gasteiger partial charge on any atom is -0.489 e. The number of rotatable bonds is 5. The molecule has 0 atom stereocenters. The normalized spacial score (nSPS) is 9.83. The molecular weight excluding hydrogens is 294 g/mol. The molecule has 0 unspecified atom stereocenters. The van der Waals surface area contributed by atoms with Crippen molar-refractivity contribution in [3.63, 3.8) is 0 Å². The number of hydrazine groups is 1. The number of anilines is 2. The van der Waals surface area contributed by atoms with E-state index in [1.165, 1.54) is 0 Å². The monoisotopic (exact) mass is 311 g/mol. The Bertz CT molecular complexity index is 710. The van der Waals surface area contributed by atoms with Gasteiger partial charge < -0.3 is 10.1 Å². The van der Waals surface area contributed by atoms with Gasteiger partial charge >= 0.3 is 6.03 Å². The van der Waals surface area contributed by atoms with Crippen LogP contribution in [0.15, 0.2) is 42.6 Å².